The molecule has 0 unspecified atom stereocenters. The smallest absolute Gasteiger partial charge is 0.134 e. The molecule has 0 aliphatic rings. The Morgan fingerprint density at radius 1 is 0.643 bits per heavy atom. The molecule has 2 heterocycles. The van der Waals surface area contributed by atoms with E-state index in [0.717, 1.165) is 35.2 Å². The predicted octanol–water partition coefficient (Wildman–Crippen LogP) is 7.98. The minimum absolute atomic E-state index is 0.933. The molecule has 0 aliphatic heterocycles. The van der Waals surface area contributed by atoms with E-state index in [1.54, 1.807) is 6.26 Å². The Bertz CT molecular complexity index is 1500. The van der Waals surface area contributed by atoms with E-state index in [2.05, 4.69) is 61.5 Å². The van der Waals surface area contributed by atoms with Gasteiger partial charge in [-0.3, -0.25) is 0 Å². The van der Waals surface area contributed by atoms with Crippen LogP contribution in [0.4, 0.5) is 0 Å². The van der Waals surface area contributed by atoms with Crippen molar-refractivity contribution in [1.29, 1.82) is 0 Å². The van der Waals surface area contributed by atoms with Crippen molar-refractivity contribution >= 4 is 54.3 Å². The summed E-state index contributed by atoms with van der Waals surface area (Å²) in [5.74, 6) is 1.09. The summed E-state index contributed by atoms with van der Waals surface area (Å²) in [6.07, 6.45) is 5.10. The Morgan fingerprint density at radius 2 is 1.36 bits per heavy atom. The van der Waals surface area contributed by atoms with Gasteiger partial charge in [-0.05, 0) is 75.1 Å². The third-order valence-electron chi connectivity index (χ3n) is 5.87. The van der Waals surface area contributed by atoms with Gasteiger partial charge in [0.2, 0.25) is 0 Å². The fraction of sp³-hybridized carbons (Fsp3) is 0.154. The molecule has 6 aromatic rings. The zero-order chi connectivity index (χ0) is 18.7. The number of hydrogen-bond donors (Lipinski definition) is 0. The van der Waals surface area contributed by atoms with Gasteiger partial charge >= 0.3 is 0 Å². The molecule has 0 aliphatic carbocycles. The molecule has 2 aromatic heterocycles. The maximum atomic E-state index is 6.15. The van der Waals surface area contributed by atoms with Crippen LogP contribution in [-0.4, -0.2) is 0 Å². The molecule has 0 amide bonds. The second-order valence-corrected chi connectivity index (χ2v) is 7.69. The minimum Gasteiger partial charge on any atom is -0.464 e. The predicted molar refractivity (Wildman–Crippen MR) is 117 cm³/mol. The Balaban J connectivity index is 1.64. The molecule has 2 heteroatoms. The van der Waals surface area contributed by atoms with Crippen LogP contribution in [-0.2, 0) is 6.42 Å². The summed E-state index contributed by atoms with van der Waals surface area (Å²) in [7, 11) is 0. The number of rotatable bonds is 3. The summed E-state index contributed by atoms with van der Waals surface area (Å²) < 4.78 is 11.8. The average molecular weight is 364 g/mol. The van der Waals surface area contributed by atoms with Gasteiger partial charge in [0.05, 0.1) is 6.26 Å². The summed E-state index contributed by atoms with van der Waals surface area (Å²) in [4.78, 5) is 0. The Hall–Kier alpha value is -3.26. The fourth-order valence-corrected chi connectivity index (χ4v) is 4.40. The molecule has 0 spiro atoms. The summed E-state index contributed by atoms with van der Waals surface area (Å²) in [5.41, 5.74) is 1.91. The Labute approximate surface area is 162 Å². The molecule has 0 fully saturated rings. The second-order valence-electron chi connectivity index (χ2n) is 7.69. The number of aryl methyl sites for hydroxylation is 1. The molecule has 0 radical (unpaired) electrons. The summed E-state index contributed by atoms with van der Waals surface area (Å²) in [6, 6.07) is 21.9. The van der Waals surface area contributed by atoms with Crippen LogP contribution < -0.4 is 0 Å². The van der Waals surface area contributed by atoms with E-state index in [1.807, 2.05) is 6.07 Å². The van der Waals surface area contributed by atoms with Crippen molar-refractivity contribution in [3.05, 3.63) is 72.7 Å². The van der Waals surface area contributed by atoms with E-state index >= 15 is 0 Å². The van der Waals surface area contributed by atoms with E-state index < -0.39 is 0 Å². The van der Waals surface area contributed by atoms with Gasteiger partial charge in [0, 0.05) is 17.2 Å². The van der Waals surface area contributed by atoms with Crippen molar-refractivity contribution in [2.75, 3.05) is 0 Å². The van der Waals surface area contributed by atoms with Crippen LogP contribution in [0.25, 0.3) is 54.3 Å². The molecule has 2 nitrogen and oxygen atoms in total. The Morgan fingerprint density at radius 3 is 2.11 bits per heavy atom. The lowest BCUT2D eigenvalue weighted by Crippen LogP contribution is -1.81. The molecule has 28 heavy (non-hydrogen) atoms. The van der Waals surface area contributed by atoms with Gasteiger partial charge in [-0.1, -0.05) is 37.6 Å². The van der Waals surface area contributed by atoms with Crippen LogP contribution in [0.3, 0.4) is 0 Å². The lowest BCUT2D eigenvalue weighted by Gasteiger charge is -2.08. The van der Waals surface area contributed by atoms with Crippen molar-refractivity contribution in [3.63, 3.8) is 0 Å². The number of unbranched alkanes of at least 4 members (excludes halogenated alkanes) is 1. The first-order chi connectivity index (χ1) is 13.8. The third kappa shape index (κ3) is 2.27. The summed E-state index contributed by atoms with van der Waals surface area (Å²) in [5, 5.41) is 9.79. The monoisotopic (exact) mass is 364 g/mol. The van der Waals surface area contributed by atoms with Gasteiger partial charge in [-0.2, -0.15) is 0 Å². The van der Waals surface area contributed by atoms with Crippen molar-refractivity contribution in [3.8, 4) is 0 Å². The number of furan rings is 2. The van der Waals surface area contributed by atoms with Crippen molar-refractivity contribution in [2.24, 2.45) is 0 Å². The van der Waals surface area contributed by atoms with Crippen molar-refractivity contribution < 1.29 is 8.83 Å². The molecule has 0 saturated carbocycles. The fourth-order valence-electron chi connectivity index (χ4n) is 4.40. The van der Waals surface area contributed by atoms with Crippen LogP contribution in [0.1, 0.15) is 25.5 Å². The molecule has 4 aromatic carbocycles. The molecular weight excluding hydrogens is 344 g/mol. The van der Waals surface area contributed by atoms with Gasteiger partial charge in [-0.15, -0.1) is 0 Å². The highest BCUT2D eigenvalue weighted by Gasteiger charge is 2.10. The number of hydrogen-bond acceptors (Lipinski definition) is 2. The van der Waals surface area contributed by atoms with Gasteiger partial charge in [-0.25, -0.2) is 0 Å². The SMILES string of the molecule is CCCCc1cc2cc3ccc4c5cc6occc6cc5ccc4c3cc2o1. The zero-order valence-corrected chi connectivity index (χ0v) is 15.8. The number of benzene rings is 4. The highest BCUT2D eigenvalue weighted by Crippen LogP contribution is 2.36. The molecule has 0 N–H and O–H groups in total. The molecule has 6 rings (SSSR count). The van der Waals surface area contributed by atoms with Crippen LogP contribution >= 0.6 is 0 Å². The normalized spacial score (nSPS) is 12.2. The van der Waals surface area contributed by atoms with Crippen LogP contribution in [0.15, 0.2) is 75.8 Å². The van der Waals surface area contributed by atoms with Crippen molar-refractivity contribution in [1.82, 2.24) is 0 Å². The highest BCUT2D eigenvalue weighted by molar-refractivity contribution is 6.20. The first-order valence-electron chi connectivity index (χ1n) is 9.99. The minimum atomic E-state index is 0.933. The van der Waals surface area contributed by atoms with E-state index in [9.17, 15) is 0 Å². The quantitative estimate of drug-likeness (QED) is 0.297. The summed E-state index contributed by atoms with van der Waals surface area (Å²) >= 11 is 0. The molecule has 0 atom stereocenters. The Kier molecular flexibility index (Phi) is 3.30. The molecule has 0 saturated heterocycles. The third-order valence-corrected chi connectivity index (χ3v) is 5.87. The maximum absolute atomic E-state index is 6.15. The first kappa shape index (κ1) is 15.8. The molecule has 136 valence electrons. The molecular formula is C26H20O2. The van der Waals surface area contributed by atoms with Crippen LogP contribution in [0, 0.1) is 0 Å². The van der Waals surface area contributed by atoms with Crippen molar-refractivity contribution in [2.45, 2.75) is 26.2 Å². The molecule has 0 bridgehead atoms. The van der Waals surface area contributed by atoms with Crippen LogP contribution in [0.5, 0.6) is 0 Å². The zero-order valence-electron chi connectivity index (χ0n) is 15.8. The lowest BCUT2D eigenvalue weighted by molar-refractivity contribution is 0.537. The average Bonchev–Trinajstić information content (AvgIpc) is 3.33. The van der Waals surface area contributed by atoms with Gasteiger partial charge in [0.1, 0.15) is 16.9 Å². The van der Waals surface area contributed by atoms with E-state index in [1.165, 1.54) is 44.1 Å². The van der Waals surface area contributed by atoms with Gasteiger partial charge < -0.3 is 8.83 Å². The standard InChI is InChI=1S/C26H20O2/c1-2-3-4-20-13-19-12-17-6-8-21-22(24(17)15-26(19)28-20)7-5-16-11-18-9-10-27-25(18)14-23(16)21/h5-15H,2-4H2,1H3. The highest BCUT2D eigenvalue weighted by atomic mass is 16.3. The van der Waals surface area contributed by atoms with Crippen LogP contribution in [0.2, 0.25) is 0 Å². The second kappa shape index (κ2) is 5.87. The lowest BCUT2D eigenvalue weighted by atomic mass is 9.96. The first-order valence-corrected chi connectivity index (χ1v) is 9.99. The maximum Gasteiger partial charge on any atom is 0.134 e. The van der Waals surface area contributed by atoms with Gasteiger partial charge in [0.25, 0.3) is 0 Å². The van der Waals surface area contributed by atoms with E-state index in [4.69, 9.17) is 8.83 Å². The van der Waals surface area contributed by atoms with E-state index in [-0.39, 0.29) is 0 Å². The largest absolute Gasteiger partial charge is 0.464 e. The number of fused-ring (bicyclic) bond motifs is 7. The van der Waals surface area contributed by atoms with E-state index in [0.29, 0.717) is 0 Å². The topological polar surface area (TPSA) is 26.3 Å². The van der Waals surface area contributed by atoms with Gasteiger partial charge in [0.15, 0.2) is 0 Å². The summed E-state index contributed by atoms with van der Waals surface area (Å²) in [6.45, 7) is 2.21.